The maximum Gasteiger partial charge on any atom is 0.239 e. The highest BCUT2D eigenvalue weighted by molar-refractivity contribution is 5.81. The number of rotatable bonds is 8. The zero-order valence-corrected chi connectivity index (χ0v) is 16.1. The Balaban J connectivity index is 1.46. The number of amides is 1. The minimum absolute atomic E-state index is 0.0142. The molecule has 0 aliphatic carbocycles. The van der Waals surface area contributed by atoms with E-state index in [-0.39, 0.29) is 5.91 Å². The summed E-state index contributed by atoms with van der Waals surface area (Å²) in [6.45, 7) is 3.20. The molecule has 1 aliphatic heterocycles. The van der Waals surface area contributed by atoms with Gasteiger partial charge in [-0.1, -0.05) is 30.3 Å². The second kappa shape index (κ2) is 9.67. The quantitative estimate of drug-likeness (QED) is 0.772. The summed E-state index contributed by atoms with van der Waals surface area (Å²) >= 11 is 0. The van der Waals surface area contributed by atoms with E-state index in [1.54, 1.807) is 11.2 Å². The van der Waals surface area contributed by atoms with Gasteiger partial charge in [0, 0.05) is 46.0 Å². The van der Waals surface area contributed by atoms with Crippen molar-refractivity contribution in [1.82, 2.24) is 14.5 Å². The number of ether oxygens (including phenoxy) is 1. The minimum Gasteiger partial charge on any atom is -0.381 e. The van der Waals surface area contributed by atoms with Gasteiger partial charge in [-0.25, -0.2) is 4.98 Å². The summed E-state index contributed by atoms with van der Waals surface area (Å²) in [6.07, 6.45) is 7.43. The van der Waals surface area contributed by atoms with Gasteiger partial charge in [0.05, 0.1) is 18.1 Å². The first kappa shape index (κ1) is 19.6. The van der Waals surface area contributed by atoms with E-state index in [1.165, 1.54) is 5.56 Å². The van der Waals surface area contributed by atoms with Crippen molar-refractivity contribution in [2.75, 3.05) is 26.8 Å². The molecule has 27 heavy (non-hydrogen) atoms. The average molecular weight is 370 g/mol. The maximum atomic E-state index is 12.6. The van der Waals surface area contributed by atoms with Gasteiger partial charge in [0.2, 0.25) is 5.91 Å². The van der Waals surface area contributed by atoms with Crippen molar-refractivity contribution >= 4 is 5.91 Å². The van der Waals surface area contributed by atoms with Gasteiger partial charge in [-0.05, 0) is 30.7 Å². The fourth-order valence-electron chi connectivity index (χ4n) is 3.51. The molecule has 1 amide bonds. The fraction of sp³-hybridized carbons (Fsp3) is 0.524. The molecule has 0 unspecified atom stereocenters. The maximum absolute atomic E-state index is 12.6. The summed E-state index contributed by atoms with van der Waals surface area (Å²) < 4.78 is 7.41. The van der Waals surface area contributed by atoms with Crippen molar-refractivity contribution in [2.45, 2.75) is 38.3 Å². The highest BCUT2D eigenvalue weighted by Crippen LogP contribution is 2.18. The molecule has 0 spiro atoms. The van der Waals surface area contributed by atoms with Crippen LogP contribution in [-0.4, -0.2) is 53.2 Å². The number of carbonyl (C=O) groups is 1. The number of hydrogen-bond donors (Lipinski definition) is 1. The van der Waals surface area contributed by atoms with Gasteiger partial charge < -0.3 is 19.9 Å². The van der Waals surface area contributed by atoms with Crippen molar-refractivity contribution in [1.29, 1.82) is 0 Å². The Morgan fingerprint density at radius 1 is 1.33 bits per heavy atom. The smallest absolute Gasteiger partial charge is 0.239 e. The lowest BCUT2D eigenvalue weighted by Gasteiger charge is -2.26. The molecule has 146 valence electrons. The lowest BCUT2D eigenvalue weighted by atomic mass is 9.96. The molecule has 1 saturated heterocycles. The minimum atomic E-state index is -0.551. The molecule has 1 aliphatic rings. The largest absolute Gasteiger partial charge is 0.381 e. The molecule has 1 aromatic heterocycles. The molecule has 1 fully saturated rings. The predicted molar refractivity (Wildman–Crippen MR) is 105 cm³/mol. The van der Waals surface area contributed by atoms with Crippen molar-refractivity contribution in [3.63, 3.8) is 0 Å². The number of carbonyl (C=O) groups excluding carboxylic acids is 1. The standard InChI is InChI=1S/C21H30N4O2/c1-24(10-7-17-8-11-27-12-9-17)21(26)20(22)13-19-15-25(16-23-19)14-18-5-3-2-4-6-18/h2-6,15-17,20H,7-14,22H2,1H3/t20-/m0/s1. The molecule has 0 saturated carbocycles. The number of imidazole rings is 1. The Labute approximate surface area is 161 Å². The van der Waals surface area contributed by atoms with Crippen LogP contribution in [0.1, 0.15) is 30.5 Å². The molecule has 2 heterocycles. The first-order valence-corrected chi connectivity index (χ1v) is 9.74. The zero-order valence-electron chi connectivity index (χ0n) is 16.1. The first-order chi connectivity index (χ1) is 13.1. The van der Waals surface area contributed by atoms with Gasteiger partial charge >= 0.3 is 0 Å². The van der Waals surface area contributed by atoms with Crippen molar-refractivity contribution < 1.29 is 9.53 Å². The number of likely N-dealkylation sites (N-methyl/N-ethyl adjacent to an activating group) is 1. The first-order valence-electron chi connectivity index (χ1n) is 9.74. The van der Waals surface area contributed by atoms with Crippen LogP contribution < -0.4 is 5.73 Å². The Bertz CT molecular complexity index is 710. The van der Waals surface area contributed by atoms with E-state index >= 15 is 0 Å². The number of benzene rings is 1. The second-order valence-corrected chi connectivity index (χ2v) is 7.44. The summed E-state index contributed by atoms with van der Waals surface area (Å²) in [7, 11) is 1.84. The van der Waals surface area contributed by atoms with Crippen LogP contribution in [0.2, 0.25) is 0 Å². The third kappa shape index (κ3) is 5.91. The van der Waals surface area contributed by atoms with Crippen LogP contribution in [0.15, 0.2) is 42.9 Å². The van der Waals surface area contributed by atoms with Crippen LogP contribution in [0.4, 0.5) is 0 Å². The van der Waals surface area contributed by atoms with Crippen LogP contribution in [-0.2, 0) is 22.5 Å². The van der Waals surface area contributed by atoms with Gasteiger partial charge in [-0.3, -0.25) is 4.79 Å². The fourth-order valence-corrected chi connectivity index (χ4v) is 3.51. The third-order valence-electron chi connectivity index (χ3n) is 5.23. The molecule has 2 aromatic rings. The third-order valence-corrected chi connectivity index (χ3v) is 5.23. The van der Waals surface area contributed by atoms with Crippen molar-refractivity contribution in [2.24, 2.45) is 11.7 Å². The van der Waals surface area contributed by atoms with E-state index in [2.05, 4.69) is 17.1 Å². The highest BCUT2D eigenvalue weighted by Gasteiger charge is 2.21. The van der Waals surface area contributed by atoms with Gasteiger partial charge in [-0.15, -0.1) is 0 Å². The molecule has 1 aromatic carbocycles. The number of nitrogens with zero attached hydrogens (tertiary/aromatic N) is 3. The van der Waals surface area contributed by atoms with Crippen LogP contribution in [0.3, 0.4) is 0 Å². The van der Waals surface area contributed by atoms with Crippen LogP contribution in [0.25, 0.3) is 0 Å². The highest BCUT2D eigenvalue weighted by atomic mass is 16.5. The number of aromatic nitrogens is 2. The van der Waals surface area contributed by atoms with Gasteiger partial charge in [0.1, 0.15) is 0 Å². The Morgan fingerprint density at radius 3 is 2.81 bits per heavy atom. The summed E-state index contributed by atoms with van der Waals surface area (Å²) in [5, 5.41) is 0. The van der Waals surface area contributed by atoms with E-state index in [9.17, 15) is 4.79 Å². The molecular weight excluding hydrogens is 340 g/mol. The summed E-state index contributed by atoms with van der Waals surface area (Å²) in [6, 6.07) is 9.68. The van der Waals surface area contributed by atoms with Crippen LogP contribution in [0.5, 0.6) is 0 Å². The molecular formula is C21H30N4O2. The Hall–Kier alpha value is -2.18. The zero-order chi connectivity index (χ0) is 19.1. The van der Waals surface area contributed by atoms with Gasteiger partial charge in [0.25, 0.3) is 0 Å². The van der Waals surface area contributed by atoms with E-state index in [0.29, 0.717) is 12.3 Å². The van der Waals surface area contributed by atoms with E-state index in [1.807, 2.05) is 36.0 Å². The molecule has 0 radical (unpaired) electrons. The predicted octanol–water partition coefficient (Wildman–Crippen LogP) is 2.08. The van der Waals surface area contributed by atoms with Gasteiger partial charge in [-0.2, -0.15) is 0 Å². The Kier molecular flexibility index (Phi) is 7.01. The van der Waals surface area contributed by atoms with E-state index in [4.69, 9.17) is 10.5 Å². The molecule has 6 nitrogen and oxygen atoms in total. The summed E-state index contributed by atoms with van der Waals surface area (Å²) in [5.74, 6) is 0.638. The lowest BCUT2D eigenvalue weighted by molar-refractivity contribution is -0.131. The van der Waals surface area contributed by atoms with Crippen LogP contribution >= 0.6 is 0 Å². The van der Waals surface area contributed by atoms with Crippen molar-refractivity contribution in [3.8, 4) is 0 Å². The molecule has 6 heteroatoms. The van der Waals surface area contributed by atoms with Crippen molar-refractivity contribution in [3.05, 3.63) is 54.1 Å². The molecule has 0 bridgehead atoms. The average Bonchev–Trinajstić information content (AvgIpc) is 3.13. The van der Waals surface area contributed by atoms with Crippen LogP contribution in [0, 0.1) is 5.92 Å². The van der Waals surface area contributed by atoms with E-state index < -0.39 is 6.04 Å². The lowest BCUT2D eigenvalue weighted by Crippen LogP contribution is -2.43. The second-order valence-electron chi connectivity index (χ2n) is 7.44. The summed E-state index contributed by atoms with van der Waals surface area (Å²) in [5.41, 5.74) is 8.23. The topological polar surface area (TPSA) is 73.4 Å². The van der Waals surface area contributed by atoms with Gasteiger partial charge in [0.15, 0.2) is 0 Å². The molecule has 3 rings (SSSR count). The number of hydrogen-bond acceptors (Lipinski definition) is 4. The SMILES string of the molecule is CN(CCC1CCOCC1)C(=O)[C@@H](N)Cc1cn(Cc2ccccc2)cn1. The summed E-state index contributed by atoms with van der Waals surface area (Å²) in [4.78, 5) is 18.7. The van der Waals surface area contributed by atoms with E-state index in [0.717, 1.165) is 51.3 Å². The molecule has 2 N–H and O–H groups in total. The number of nitrogens with two attached hydrogens (primary N) is 1. The molecule has 1 atom stereocenters. The Morgan fingerprint density at radius 2 is 2.07 bits per heavy atom. The normalized spacial score (nSPS) is 16.2. The monoisotopic (exact) mass is 370 g/mol.